The van der Waals surface area contributed by atoms with Gasteiger partial charge in [0.05, 0.1) is 13.7 Å². The van der Waals surface area contributed by atoms with Crippen molar-refractivity contribution >= 4 is 5.91 Å². The van der Waals surface area contributed by atoms with Crippen LogP contribution >= 0.6 is 0 Å². The number of nitrogens with one attached hydrogen (secondary N) is 1. The normalized spacial score (nSPS) is 10.5. The van der Waals surface area contributed by atoms with Crippen molar-refractivity contribution in [1.82, 2.24) is 5.32 Å². The number of amides is 1. The van der Waals surface area contributed by atoms with Gasteiger partial charge in [-0.05, 0) is 41.7 Å². The van der Waals surface area contributed by atoms with Crippen LogP contribution in [0.5, 0.6) is 5.75 Å². The fourth-order valence-corrected chi connectivity index (χ4v) is 2.37. The van der Waals surface area contributed by atoms with Gasteiger partial charge in [-0.15, -0.1) is 0 Å². The first kappa shape index (κ1) is 17.9. The molecule has 2 N–H and O–H groups in total. The van der Waals surface area contributed by atoms with Crippen molar-refractivity contribution in [2.45, 2.75) is 25.9 Å². The van der Waals surface area contributed by atoms with Crippen LogP contribution in [0.4, 0.5) is 4.39 Å². The predicted molar refractivity (Wildman–Crippen MR) is 90.4 cm³/mol. The highest BCUT2D eigenvalue weighted by atomic mass is 19.1. The molecule has 0 atom stereocenters. The van der Waals surface area contributed by atoms with Gasteiger partial charge in [-0.25, -0.2) is 4.39 Å². The van der Waals surface area contributed by atoms with E-state index in [1.807, 2.05) is 24.3 Å². The number of hydrogen-bond acceptors (Lipinski definition) is 3. The lowest BCUT2D eigenvalue weighted by Gasteiger charge is -2.07. The summed E-state index contributed by atoms with van der Waals surface area (Å²) < 4.78 is 18.4. The molecule has 0 aliphatic rings. The largest absolute Gasteiger partial charge is 0.494 e. The summed E-state index contributed by atoms with van der Waals surface area (Å²) in [7, 11) is 1.42. The molecule has 0 saturated carbocycles. The van der Waals surface area contributed by atoms with Crippen molar-refractivity contribution < 1.29 is 19.0 Å². The number of halogens is 1. The van der Waals surface area contributed by atoms with E-state index in [9.17, 15) is 9.18 Å². The average molecular weight is 331 g/mol. The van der Waals surface area contributed by atoms with E-state index in [4.69, 9.17) is 9.84 Å². The molecular formula is C19H22FNO3. The first-order valence-corrected chi connectivity index (χ1v) is 7.90. The van der Waals surface area contributed by atoms with E-state index in [1.54, 1.807) is 12.1 Å². The summed E-state index contributed by atoms with van der Waals surface area (Å²) in [5.74, 6) is -0.268. The van der Waals surface area contributed by atoms with Crippen molar-refractivity contribution in [2.75, 3.05) is 13.7 Å². The number of aryl methyl sites for hydroxylation is 1. The molecule has 0 bridgehead atoms. The van der Waals surface area contributed by atoms with E-state index in [0.29, 0.717) is 19.4 Å². The molecule has 0 spiro atoms. The van der Waals surface area contributed by atoms with Gasteiger partial charge in [0.25, 0.3) is 0 Å². The molecule has 0 heterocycles. The summed E-state index contributed by atoms with van der Waals surface area (Å²) in [4.78, 5) is 11.9. The second-order valence-electron chi connectivity index (χ2n) is 5.54. The molecule has 2 rings (SSSR count). The predicted octanol–water partition coefficient (Wildman–Crippen LogP) is 2.62. The Hall–Kier alpha value is -2.40. The standard InChI is InChI=1S/C19H22FNO3/c1-24-18-8-6-15(12-17(18)20)7-9-19(23)21-11-10-14-2-4-16(13-22)5-3-14/h2-6,8,12,22H,7,9-11,13H2,1H3,(H,21,23). The SMILES string of the molecule is COc1ccc(CCC(=O)NCCc2ccc(CO)cc2)cc1F. The lowest BCUT2D eigenvalue weighted by atomic mass is 10.1. The van der Waals surface area contributed by atoms with Gasteiger partial charge in [0, 0.05) is 13.0 Å². The molecular weight excluding hydrogens is 309 g/mol. The molecule has 2 aromatic carbocycles. The minimum atomic E-state index is -0.415. The molecule has 128 valence electrons. The number of aliphatic hydroxyl groups is 1. The van der Waals surface area contributed by atoms with Crippen LogP contribution < -0.4 is 10.1 Å². The summed E-state index contributed by atoms with van der Waals surface area (Å²) in [5.41, 5.74) is 2.74. The third kappa shape index (κ3) is 5.35. The molecule has 0 aromatic heterocycles. The van der Waals surface area contributed by atoms with E-state index >= 15 is 0 Å². The van der Waals surface area contributed by atoms with Crippen LogP contribution in [-0.4, -0.2) is 24.7 Å². The second kappa shape index (κ2) is 9.03. The number of methoxy groups -OCH3 is 1. The Balaban J connectivity index is 1.72. The van der Waals surface area contributed by atoms with E-state index in [-0.39, 0.29) is 18.3 Å². The molecule has 0 radical (unpaired) electrons. The maximum atomic E-state index is 13.6. The zero-order chi connectivity index (χ0) is 17.4. The van der Waals surface area contributed by atoms with Crippen LogP contribution in [0.2, 0.25) is 0 Å². The second-order valence-corrected chi connectivity index (χ2v) is 5.54. The van der Waals surface area contributed by atoms with Gasteiger partial charge in [-0.2, -0.15) is 0 Å². The highest BCUT2D eigenvalue weighted by Crippen LogP contribution is 2.18. The van der Waals surface area contributed by atoms with Gasteiger partial charge in [-0.3, -0.25) is 4.79 Å². The number of carbonyl (C=O) groups excluding carboxylic acids is 1. The minimum Gasteiger partial charge on any atom is -0.494 e. The summed E-state index contributed by atoms with van der Waals surface area (Å²) >= 11 is 0. The Morgan fingerprint density at radius 3 is 2.38 bits per heavy atom. The Bertz CT molecular complexity index is 671. The van der Waals surface area contributed by atoms with Crippen LogP contribution in [0.25, 0.3) is 0 Å². The van der Waals surface area contributed by atoms with Crippen molar-refractivity contribution in [3.63, 3.8) is 0 Å². The fourth-order valence-electron chi connectivity index (χ4n) is 2.37. The molecule has 24 heavy (non-hydrogen) atoms. The number of benzene rings is 2. The number of ether oxygens (including phenoxy) is 1. The van der Waals surface area contributed by atoms with Gasteiger partial charge >= 0.3 is 0 Å². The number of carbonyl (C=O) groups is 1. The Morgan fingerprint density at radius 1 is 1.08 bits per heavy atom. The number of hydrogen-bond donors (Lipinski definition) is 2. The van der Waals surface area contributed by atoms with Crippen LogP contribution in [0.1, 0.15) is 23.1 Å². The van der Waals surface area contributed by atoms with Crippen molar-refractivity contribution in [3.05, 3.63) is 65.0 Å². The maximum Gasteiger partial charge on any atom is 0.220 e. The topological polar surface area (TPSA) is 58.6 Å². The van der Waals surface area contributed by atoms with Gasteiger partial charge in [0.2, 0.25) is 5.91 Å². The molecule has 0 fully saturated rings. The van der Waals surface area contributed by atoms with Crippen LogP contribution in [0.3, 0.4) is 0 Å². The Labute approximate surface area is 141 Å². The van der Waals surface area contributed by atoms with E-state index < -0.39 is 5.82 Å². The highest BCUT2D eigenvalue weighted by molar-refractivity contribution is 5.76. The molecule has 0 aliphatic carbocycles. The van der Waals surface area contributed by atoms with Crippen molar-refractivity contribution in [3.8, 4) is 5.75 Å². The number of aliphatic hydroxyl groups excluding tert-OH is 1. The third-order valence-electron chi connectivity index (χ3n) is 3.80. The van der Waals surface area contributed by atoms with Gasteiger partial charge in [-0.1, -0.05) is 30.3 Å². The highest BCUT2D eigenvalue weighted by Gasteiger charge is 2.06. The van der Waals surface area contributed by atoms with Crippen molar-refractivity contribution in [1.29, 1.82) is 0 Å². The molecule has 0 saturated heterocycles. The molecule has 2 aromatic rings. The quantitative estimate of drug-likeness (QED) is 0.782. The summed E-state index contributed by atoms with van der Waals surface area (Å²) in [6, 6.07) is 12.4. The van der Waals surface area contributed by atoms with Crippen LogP contribution in [-0.2, 0) is 24.2 Å². The summed E-state index contributed by atoms with van der Waals surface area (Å²) in [5, 5.41) is 11.8. The van der Waals surface area contributed by atoms with Crippen LogP contribution in [0.15, 0.2) is 42.5 Å². The lowest BCUT2D eigenvalue weighted by molar-refractivity contribution is -0.121. The lowest BCUT2D eigenvalue weighted by Crippen LogP contribution is -2.25. The van der Waals surface area contributed by atoms with E-state index in [2.05, 4.69) is 5.32 Å². The molecule has 0 aliphatic heterocycles. The van der Waals surface area contributed by atoms with E-state index in [0.717, 1.165) is 23.1 Å². The molecule has 5 heteroatoms. The molecule has 4 nitrogen and oxygen atoms in total. The average Bonchev–Trinajstić information content (AvgIpc) is 2.60. The van der Waals surface area contributed by atoms with Crippen LogP contribution in [0, 0.1) is 5.82 Å². The van der Waals surface area contributed by atoms with E-state index in [1.165, 1.54) is 13.2 Å². The van der Waals surface area contributed by atoms with Gasteiger partial charge in [0.1, 0.15) is 0 Å². The first-order chi connectivity index (χ1) is 11.6. The molecule has 1 amide bonds. The van der Waals surface area contributed by atoms with Gasteiger partial charge < -0.3 is 15.2 Å². The maximum absolute atomic E-state index is 13.6. The molecule has 0 unspecified atom stereocenters. The zero-order valence-corrected chi connectivity index (χ0v) is 13.7. The summed E-state index contributed by atoms with van der Waals surface area (Å²) in [6.07, 6.45) is 1.53. The Kier molecular flexibility index (Phi) is 6.75. The Morgan fingerprint density at radius 2 is 1.75 bits per heavy atom. The minimum absolute atomic E-state index is 0.0307. The first-order valence-electron chi connectivity index (χ1n) is 7.90. The third-order valence-corrected chi connectivity index (χ3v) is 3.80. The van der Waals surface area contributed by atoms with Gasteiger partial charge in [0.15, 0.2) is 11.6 Å². The fraction of sp³-hybridized carbons (Fsp3) is 0.316. The van der Waals surface area contributed by atoms with Crippen molar-refractivity contribution in [2.24, 2.45) is 0 Å². The smallest absolute Gasteiger partial charge is 0.220 e. The zero-order valence-electron chi connectivity index (χ0n) is 13.7. The monoisotopic (exact) mass is 331 g/mol. The number of rotatable bonds is 8. The summed E-state index contributed by atoms with van der Waals surface area (Å²) in [6.45, 7) is 0.581.